The zero-order valence-corrected chi connectivity index (χ0v) is 16.2. The Kier molecular flexibility index (Phi) is 7.57. The van der Waals surface area contributed by atoms with Gasteiger partial charge in [0.25, 0.3) is 5.91 Å². The van der Waals surface area contributed by atoms with Crippen LogP contribution in [0.15, 0.2) is 42.5 Å². The maximum atomic E-state index is 12.3. The fourth-order valence-electron chi connectivity index (χ4n) is 2.14. The van der Waals surface area contributed by atoms with E-state index in [1.807, 2.05) is 0 Å². The molecule has 0 atom stereocenters. The molecule has 0 heterocycles. The number of carboxylic acids is 1. The van der Waals surface area contributed by atoms with E-state index in [9.17, 15) is 9.59 Å². The number of amides is 1. The molecule has 0 aliphatic carbocycles. The van der Waals surface area contributed by atoms with E-state index in [0.717, 1.165) is 12.8 Å². The van der Waals surface area contributed by atoms with Crippen molar-refractivity contribution in [3.63, 3.8) is 0 Å². The van der Waals surface area contributed by atoms with E-state index in [4.69, 9.17) is 33.7 Å². The molecule has 27 heavy (non-hydrogen) atoms. The lowest BCUT2D eigenvalue weighted by Crippen LogP contribution is -2.34. The van der Waals surface area contributed by atoms with Gasteiger partial charge in [0, 0.05) is 11.3 Å². The average molecular weight is 407 g/mol. The highest BCUT2D eigenvalue weighted by Crippen LogP contribution is 2.20. The summed E-state index contributed by atoms with van der Waals surface area (Å²) in [4.78, 5) is 23.4. The van der Waals surface area contributed by atoms with Gasteiger partial charge in [0.1, 0.15) is 5.75 Å². The Morgan fingerprint density at radius 2 is 1.89 bits per heavy atom. The number of unbranched alkanes of at least 4 members (excludes halogenated alkanes) is 1. The second-order valence-electron chi connectivity index (χ2n) is 5.63. The highest BCUT2D eigenvalue weighted by atomic mass is 35.5. The molecule has 0 bridgehead atoms. The summed E-state index contributed by atoms with van der Waals surface area (Å²) in [5, 5.41) is 14.5. The third-order valence-electron chi connectivity index (χ3n) is 3.56. The van der Waals surface area contributed by atoms with Crippen LogP contribution in [-0.2, 0) is 0 Å². The molecule has 2 rings (SSSR count). The van der Waals surface area contributed by atoms with Gasteiger partial charge in [-0.25, -0.2) is 4.79 Å². The number of carbonyl (C=O) groups excluding carboxylic acids is 1. The molecule has 2 aromatic carbocycles. The molecule has 0 unspecified atom stereocenters. The predicted molar refractivity (Wildman–Crippen MR) is 109 cm³/mol. The molecular formula is C19H19ClN2O4S. The van der Waals surface area contributed by atoms with Crippen LogP contribution >= 0.6 is 23.8 Å². The minimum atomic E-state index is -1.15. The highest BCUT2D eigenvalue weighted by Gasteiger charge is 2.12. The molecule has 6 nitrogen and oxygen atoms in total. The summed E-state index contributed by atoms with van der Waals surface area (Å²) in [6, 6.07) is 11.1. The van der Waals surface area contributed by atoms with Crippen molar-refractivity contribution in [2.45, 2.75) is 19.8 Å². The number of carbonyl (C=O) groups is 2. The number of nitrogens with one attached hydrogen (secondary N) is 2. The fraction of sp³-hybridized carbons (Fsp3) is 0.211. The van der Waals surface area contributed by atoms with Gasteiger partial charge in [0.2, 0.25) is 0 Å². The average Bonchev–Trinajstić information content (AvgIpc) is 2.63. The number of ether oxygens (including phenoxy) is 1. The Bertz CT molecular complexity index is 840. The van der Waals surface area contributed by atoms with E-state index in [1.54, 1.807) is 30.3 Å². The van der Waals surface area contributed by atoms with Crippen molar-refractivity contribution < 1.29 is 19.4 Å². The lowest BCUT2D eigenvalue weighted by atomic mass is 10.2. The predicted octanol–water partition coefficient (Wildman–Crippen LogP) is 4.34. The largest absolute Gasteiger partial charge is 0.494 e. The monoisotopic (exact) mass is 406 g/mol. The molecule has 2 aromatic rings. The van der Waals surface area contributed by atoms with Gasteiger partial charge in [0.05, 0.1) is 17.2 Å². The summed E-state index contributed by atoms with van der Waals surface area (Å²) in [5.74, 6) is -0.844. The number of carboxylic acid groups (broad SMARTS) is 1. The van der Waals surface area contributed by atoms with Gasteiger partial charge in [-0.05, 0) is 61.1 Å². The third kappa shape index (κ3) is 6.23. The Balaban J connectivity index is 1.94. The number of rotatable bonds is 7. The van der Waals surface area contributed by atoms with Crippen molar-refractivity contribution in [2.24, 2.45) is 0 Å². The molecule has 0 saturated heterocycles. The van der Waals surface area contributed by atoms with Gasteiger partial charge in [-0.1, -0.05) is 24.9 Å². The Morgan fingerprint density at radius 3 is 2.52 bits per heavy atom. The van der Waals surface area contributed by atoms with Crippen LogP contribution in [0.1, 0.15) is 40.5 Å². The SMILES string of the molecule is CCCCOc1ccc(C(=O)NC(=S)Nc2ccc(Cl)c(C(=O)O)c2)cc1. The first kappa shape index (κ1) is 20.7. The van der Waals surface area contributed by atoms with Crippen LogP contribution in [0.5, 0.6) is 5.75 Å². The fourth-order valence-corrected chi connectivity index (χ4v) is 2.55. The van der Waals surface area contributed by atoms with Crippen LogP contribution < -0.4 is 15.4 Å². The lowest BCUT2D eigenvalue weighted by molar-refractivity contribution is 0.0697. The topological polar surface area (TPSA) is 87.7 Å². The highest BCUT2D eigenvalue weighted by molar-refractivity contribution is 7.80. The summed E-state index contributed by atoms with van der Waals surface area (Å²) in [6.45, 7) is 2.72. The molecular weight excluding hydrogens is 388 g/mol. The summed E-state index contributed by atoms with van der Waals surface area (Å²) in [6.07, 6.45) is 2.02. The maximum Gasteiger partial charge on any atom is 0.337 e. The Hall–Kier alpha value is -2.64. The Labute approximate surface area is 167 Å². The van der Waals surface area contributed by atoms with Gasteiger partial charge in [-0.15, -0.1) is 0 Å². The second kappa shape index (κ2) is 9.89. The van der Waals surface area contributed by atoms with E-state index < -0.39 is 5.97 Å². The van der Waals surface area contributed by atoms with Gasteiger partial charge in [-0.3, -0.25) is 10.1 Å². The van der Waals surface area contributed by atoms with Crippen LogP contribution in [0.2, 0.25) is 5.02 Å². The summed E-state index contributed by atoms with van der Waals surface area (Å²) in [5.41, 5.74) is 0.764. The molecule has 1 amide bonds. The van der Waals surface area contributed by atoms with Crippen molar-refractivity contribution in [1.82, 2.24) is 5.32 Å². The maximum absolute atomic E-state index is 12.3. The van der Waals surface area contributed by atoms with Gasteiger partial charge < -0.3 is 15.2 Å². The van der Waals surface area contributed by atoms with Crippen molar-refractivity contribution in [2.75, 3.05) is 11.9 Å². The molecule has 142 valence electrons. The standard InChI is InChI=1S/C19H19ClN2O4S/c1-2-3-10-26-14-7-4-12(5-8-14)17(23)22-19(27)21-13-6-9-16(20)15(11-13)18(24)25/h4-9,11H,2-3,10H2,1H3,(H,24,25)(H2,21,22,23,27). The molecule has 8 heteroatoms. The van der Waals surface area contributed by atoms with Gasteiger partial charge in [0.15, 0.2) is 5.11 Å². The lowest BCUT2D eigenvalue weighted by Gasteiger charge is -2.11. The first-order chi connectivity index (χ1) is 12.9. The molecule has 3 N–H and O–H groups in total. The number of benzene rings is 2. The normalized spacial score (nSPS) is 10.1. The van der Waals surface area contributed by atoms with Crippen molar-refractivity contribution in [1.29, 1.82) is 0 Å². The zero-order valence-electron chi connectivity index (χ0n) is 14.6. The quantitative estimate of drug-likeness (QED) is 0.468. The van der Waals surface area contributed by atoms with Crippen LogP contribution in [0.25, 0.3) is 0 Å². The molecule has 0 saturated carbocycles. The van der Waals surface area contributed by atoms with Crippen LogP contribution in [0.3, 0.4) is 0 Å². The molecule has 0 fully saturated rings. The number of hydrogen-bond donors (Lipinski definition) is 3. The van der Waals surface area contributed by atoms with Crippen molar-refractivity contribution in [3.8, 4) is 5.75 Å². The molecule has 0 aliphatic rings. The number of thiocarbonyl (C=S) groups is 1. The first-order valence-electron chi connectivity index (χ1n) is 8.28. The molecule has 0 radical (unpaired) electrons. The van der Waals surface area contributed by atoms with E-state index in [0.29, 0.717) is 23.6 Å². The van der Waals surface area contributed by atoms with Crippen molar-refractivity contribution in [3.05, 3.63) is 58.6 Å². The number of halogens is 1. The molecule has 0 aromatic heterocycles. The second-order valence-corrected chi connectivity index (χ2v) is 6.45. The zero-order chi connectivity index (χ0) is 19.8. The minimum Gasteiger partial charge on any atom is -0.494 e. The molecule has 0 aliphatic heterocycles. The van der Waals surface area contributed by atoms with Crippen LogP contribution in [0, 0.1) is 0 Å². The number of hydrogen-bond acceptors (Lipinski definition) is 4. The summed E-state index contributed by atoms with van der Waals surface area (Å²) < 4.78 is 5.55. The van der Waals surface area contributed by atoms with E-state index in [2.05, 4.69) is 17.6 Å². The van der Waals surface area contributed by atoms with E-state index in [-0.39, 0.29) is 21.6 Å². The van der Waals surface area contributed by atoms with Gasteiger partial charge in [-0.2, -0.15) is 0 Å². The first-order valence-corrected chi connectivity index (χ1v) is 9.07. The summed E-state index contributed by atoms with van der Waals surface area (Å²) >= 11 is 10.9. The third-order valence-corrected chi connectivity index (χ3v) is 4.10. The molecule has 0 spiro atoms. The van der Waals surface area contributed by atoms with E-state index >= 15 is 0 Å². The van der Waals surface area contributed by atoms with Crippen LogP contribution in [-0.4, -0.2) is 28.7 Å². The minimum absolute atomic E-state index is 0.0435. The van der Waals surface area contributed by atoms with Gasteiger partial charge >= 0.3 is 5.97 Å². The Morgan fingerprint density at radius 1 is 1.19 bits per heavy atom. The number of aromatic carboxylic acids is 1. The number of anilines is 1. The van der Waals surface area contributed by atoms with Crippen LogP contribution in [0.4, 0.5) is 5.69 Å². The van der Waals surface area contributed by atoms with Crippen molar-refractivity contribution >= 4 is 46.5 Å². The van der Waals surface area contributed by atoms with E-state index in [1.165, 1.54) is 12.1 Å². The summed E-state index contributed by atoms with van der Waals surface area (Å²) in [7, 11) is 0. The smallest absolute Gasteiger partial charge is 0.337 e.